The summed E-state index contributed by atoms with van der Waals surface area (Å²) in [6.45, 7) is 0. The van der Waals surface area contributed by atoms with Crippen molar-refractivity contribution in [1.29, 1.82) is 0 Å². The number of hydrogen-bond donors (Lipinski definition) is 0. The molecule has 0 N–H and O–H groups in total. The maximum Gasteiger partial charge on any atom is 0.346 e. The Labute approximate surface area is 106 Å². The molecule has 5 heteroatoms. The smallest absolute Gasteiger partial charge is 0.346 e. The van der Waals surface area contributed by atoms with E-state index in [-0.39, 0.29) is 5.57 Å². The van der Waals surface area contributed by atoms with Crippen LogP contribution in [0.5, 0.6) is 0 Å². The molecule has 0 aliphatic heterocycles. The van der Waals surface area contributed by atoms with Crippen LogP contribution >= 0.6 is 0 Å². The lowest BCUT2D eigenvalue weighted by Crippen LogP contribution is -2.20. The minimum atomic E-state index is -0.732. The first kappa shape index (κ1) is 13.8. The molecule has 0 unspecified atom stereocenters. The van der Waals surface area contributed by atoms with Gasteiger partial charge in [0, 0.05) is 18.9 Å². The minimum absolute atomic E-state index is 0.161. The molecule has 0 spiro atoms. The summed E-state index contributed by atoms with van der Waals surface area (Å²) in [7, 11) is 4.14. The van der Waals surface area contributed by atoms with E-state index >= 15 is 0 Å². The number of esters is 2. The number of nitrogens with zero attached hydrogens (tertiary/aromatic N) is 1. The maximum atomic E-state index is 11.5. The molecule has 0 atom stereocenters. The molecule has 18 heavy (non-hydrogen) atoms. The third kappa shape index (κ3) is 3.35. The molecule has 0 saturated carbocycles. The number of rotatable bonds is 4. The Balaban J connectivity index is 3.02. The molecule has 0 heterocycles. The van der Waals surface area contributed by atoms with E-state index in [1.807, 2.05) is 30.3 Å². The fourth-order valence-corrected chi connectivity index (χ4v) is 1.34. The summed E-state index contributed by atoms with van der Waals surface area (Å²) in [4.78, 5) is 24.6. The van der Waals surface area contributed by atoms with E-state index < -0.39 is 11.9 Å². The second kappa shape index (κ2) is 6.44. The summed E-state index contributed by atoms with van der Waals surface area (Å²) >= 11 is 0. The van der Waals surface area contributed by atoms with E-state index in [1.54, 1.807) is 11.9 Å². The molecule has 0 aromatic heterocycles. The summed E-state index contributed by atoms with van der Waals surface area (Å²) < 4.78 is 9.07. The number of anilines is 1. The zero-order valence-corrected chi connectivity index (χ0v) is 10.5. The highest BCUT2D eigenvalue weighted by Gasteiger charge is 2.20. The number of benzene rings is 1. The number of methoxy groups -OCH3 is 2. The first-order valence-electron chi connectivity index (χ1n) is 5.26. The number of para-hydroxylation sites is 1. The second-order valence-electron chi connectivity index (χ2n) is 3.47. The molecule has 1 aromatic rings. The molecule has 0 bridgehead atoms. The molecular weight excluding hydrogens is 234 g/mol. The van der Waals surface area contributed by atoms with Crippen molar-refractivity contribution >= 4 is 17.6 Å². The van der Waals surface area contributed by atoms with Crippen LogP contribution in [-0.2, 0) is 19.1 Å². The summed E-state index contributed by atoms with van der Waals surface area (Å²) in [5.74, 6) is -1.46. The molecule has 5 nitrogen and oxygen atoms in total. The zero-order chi connectivity index (χ0) is 13.5. The highest BCUT2D eigenvalue weighted by atomic mass is 16.5. The SMILES string of the molecule is COC(=O)C(=CN(C)c1ccccc1)C(=O)OC. The van der Waals surface area contributed by atoms with Gasteiger partial charge in [-0.1, -0.05) is 18.2 Å². The number of carbonyl (C=O) groups excluding carboxylic acids is 2. The Hall–Kier alpha value is -2.30. The molecule has 0 aliphatic rings. The molecular formula is C13H15NO4. The fraction of sp³-hybridized carbons (Fsp3) is 0.231. The summed E-state index contributed by atoms with van der Waals surface area (Å²) in [6.07, 6.45) is 1.38. The van der Waals surface area contributed by atoms with Crippen molar-refractivity contribution < 1.29 is 19.1 Å². The average Bonchev–Trinajstić information content (AvgIpc) is 2.43. The van der Waals surface area contributed by atoms with Crippen LogP contribution in [0.2, 0.25) is 0 Å². The Morgan fingerprint density at radius 2 is 1.56 bits per heavy atom. The van der Waals surface area contributed by atoms with Crippen LogP contribution in [0.25, 0.3) is 0 Å². The van der Waals surface area contributed by atoms with Gasteiger partial charge in [0.2, 0.25) is 0 Å². The van der Waals surface area contributed by atoms with Gasteiger partial charge in [-0.15, -0.1) is 0 Å². The largest absolute Gasteiger partial charge is 0.465 e. The van der Waals surface area contributed by atoms with Gasteiger partial charge < -0.3 is 14.4 Å². The third-order valence-corrected chi connectivity index (χ3v) is 2.30. The van der Waals surface area contributed by atoms with Gasteiger partial charge in [-0.05, 0) is 12.1 Å². The molecule has 0 saturated heterocycles. The van der Waals surface area contributed by atoms with Gasteiger partial charge in [-0.3, -0.25) is 0 Å². The van der Waals surface area contributed by atoms with Crippen molar-refractivity contribution in [3.8, 4) is 0 Å². The second-order valence-corrected chi connectivity index (χ2v) is 3.47. The number of carbonyl (C=O) groups is 2. The van der Waals surface area contributed by atoms with Crippen molar-refractivity contribution in [3.05, 3.63) is 42.1 Å². The molecule has 1 aromatic carbocycles. The van der Waals surface area contributed by atoms with Gasteiger partial charge in [0.05, 0.1) is 14.2 Å². The highest BCUT2D eigenvalue weighted by Crippen LogP contribution is 2.13. The minimum Gasteiger partial charge on any atom is -0.465 e. The first-order chi connectivity index (χ1) is 8.60. The highest BCUT2D eigenvalue weighted by molar-refractivity contribution is 6.14. The van der Waals surface area contributed by atoms with E-state index in [0.717, 1.165) is 5.69 Å². The Morgan fingerprint density at radius 1 is 1.06 bits per heavy atom. The van der Waals surface area contributed by atoms with Crippen molar-refractivity contribution in [3.63, 3.8) is 0 Å². The Bertz CT molecular complexity index is 435. The lowest BCUT2D eigenvalue weighted by atomic mass is 10.2. The molecule has 0 radical (unpaired) electrons. The first-order valence-corrected chi connectivity index (χ1v) is 5.26. The summed E-state index contributed by atoms with van der Waals surface area (Å²) in [5.41, 5.74) is 0.675. The van der Waals surface area contributed by atoms with Gasteiger partial charge >= 0.3 is 11.9 Å². The third-order valence-electron chi connectivity index (χ3n) is 2.30. The lowest BCUT2D eigenvalue weighted by Gasteiger charge is -2.15. The summed E-state index contributed by atoms with van der Waals surface area (Å²) in [6, 6.07) is 9.29. The molecule has 1 rings (SSSR count). The van der Waals surface area contributed by atoms with Crippen LogP contribution in [0, 0.1) is 0 Å². The quantitative estimate of drug-likeness (QED) is 0.349. The van der Waals surface area contributed by atoms with Gasteiger partial charge in [0.15, 0.2) is 5.57 Å². The number of ether oxygens (including phenoxy) is 2. The average molecular weight is 249 g/mol. The van der Waals surface area contributed by atoms with E-state index in [0.29, 0.717) is 0 Å². The van der Waals surface area contributed by atoms with Gasteiger partial charge in [-0.2, -0.15) is 0 Å². The zero-order valence-electron chi connectivity index (χ0n) is 10.5. The van der Waals surface area contributed by atoms with Crippen LogP contribution in [0.4, 0.5) is 5.69 Å². The van der Waals surface area contributed by atoms with E-state index in [4.69, 9.17) is 0 Å². The van der Waals surface area contributed by atoms with Crippen LogP contribution in [-0.4, -0.2) is 33.2 Å². The Morgan fingerprint density at radius 3 is 2.00 bits per heavy atom. The van der Waals surface area contributed by atoms with Crippen LogP contribution in [0.1, 0.15) is 0 Å². The maximum absolute atomic E-state index is 11.5. The molecule has 96 valence electrons. The molecule has 0 amide bonds. The van der Waals surface area contributed by atoms with Crippen LogP contribution in [0.3, 0.4) is 0 Å². The van der Waals surface area contributed by atoms with Crippen LogP contribution < -0.4 is 4.90 Å². The molecule has 0 aliphatic carbocycles. The van der Waals surface area contributed by atoms with E-state index in [1.165, 1.54) is 20.4 Å². The van der Waals surface area contributed by atoms with Crippen molar-refractivity contribution in [2.75, 3.05) is 26.2 Å². The Kier molecular flexibility index (Phi) is 4.92. The topological polar surface area (TPSA) is 55.8 Å². The predicted octanol–water partition coefficient (Wildman–Crippen LogP) is 1.35. The predicted molar refractivity (Wildman–Crippen MR) is 67.0 cm³/mol. The van der Waals surface area contributed by atoms with Crippen molar-refractivity contribution in [2.45, 2.75) is 0 Å². The van der Waals surface area contributed by atoms with Gasteiger partial charge in [0.25, 0.3) is 0 Å². The standard InChI is InChI=1S/C13H15NO4/c1-14(10-7-5-4-6-8-10)9-11(12(15)17-2)13(16)18-3/h4-9H,1-3H3. The van der Waals surface area contributed by atoms with E-state index in [9.17, 15) is 9.59 Å². The van der Waals surface area contributed by atoms with Crippen molar-refractivity contribution in [2.24, 2.45) is 0 Å². The summed E-state index contributed by atoms with van der Waals surface area (Å²) in [5, 5.41) is 0. The van der Waals surface area contributed by atoms with Gasteiger partial charge in [-0.25, -0.2) is 9.59 Å². The van der Waals surface area contributed by atoms with Crippen LogP contribution in [0.15, 0.2) is 42.1 Å². The van der Waals surface area contributed by atoms with E-state index in [2.05, 4.69) is 9.47 Å². The van der Waals surface area contributed by atoms with Crippen molar-refractivity contribution in [1.82, 2.24) is 0 Å². The fourth-order valence-electron chi connectivity index (χ4n) is 1.34. The normalized spacial score (nSPS) is 9.28. The number of hydrogen-bond acceptors (Lipinski definition) is 5. The lowest BCUT2D eigenvalue weighted by molar-refractivity contribution is -0.144. The van der Waals surface area contributed by atoms with Gasteiger partial charge in [0.1, 0.15) is 0 Å². The monoisotopic (exact) mass is 249 g/mol. The molecule has 0 fully saturated rings.